The smallest absolute Gasteiger partial charge is 0.340 e. The normalized spacial score (nSPS) is 11.7. The predicted octanol–water partition coefficient (Wildman–Crippen LogP) is 2.89. The van der Waals surface area contributed by atoms with Gasteiger partial charge in [-0.15, -0.1) is 0 Å². The van der Waals surface area contributed by atoms with Gasteiger partial charge in [0.25, 0.3) is 0 Å². The van der Waals surface area contributed by atoms with Crippen molar-refractivity contribution in [2.75, 3.05) is 6.61 Å². The zero-order valence-electron chi connectivity index (χ0n) is 10.9. The fourth-order valence-corrected chi connectivity index (χ4v) is 1.61. The van der Waals surface area contributed by atoms with Crippen molar-refractivity contribution in [3.05, 3.63) is 53.7 Å². The van der Waals surface area contributed by atoms with Crippen molar-refractivity contribution >= 4 is 11.5 Å². The van der Waals surface area contributed by atoms with Crippen LogP contribution in [0.1, 0.15) is 25.8 Å². The van der Waals surface area contributed by atoms with E-state index in [1.807, 2.05) is 37.3 Å². The van der Waals surface area contributed by atoms with Crippen LogP contribution in [0, 0.1) is 0 Å². The van der Waals surface area contributed by atoms with Crippen LogP contribution in [0.5, 0.6) is 0 Å². The third-order valence-corrected chi connectivity index (χ3v) is 2.61. The van der Waals surface area contributed by atoms with Crippen LogP contribution in [-0.4, -0.2) is 12.6 Å². The summed E-state index contributed by atoms with van der Waals surface area (Å²) in [5, 5.41) is 0. The maximum atomic E-state index is 11.9. The van der Waals surface area contributed by atoms with Crippen molar-refractivity contribution in [2.24, 2.45) is 5.73 Å². The van der Waals surface area contributed by atoms with E-state index < -0.39 is 5.97 Å². The maximum absolute atomic E-state index is 11.9. The number of ether oxygens (including phenoxy) is 1. The molecule has 2 N–H and O–H groups in total. The highest BCUT2D eigenvalue weighted by molar-refractivity contribution is 6.06. The fraction of sp³-hybridized carbons (Fsp3) is 0.267. The Bertz CT molecular complexity index is 461. The summed E-state index contributed by atoms with van der Waals surface area (Å²) < 4.78 is 5.03. The second kappa shape index (κ2) is 6.64. The molecule has 0 heterocycles. The van der Waals surface area contributed by atoms with Crippen LogP contribution in [0.25, 0.3) is 5.57 Å². The zero-order valence-corrected chi connectivity index (χ0v) is 10.9. The second-order valence-electron chi connectivity index (χ2n) is 3.82. The Morgan fingerprint density at radius 2 is 1.89 bits per heavy atom. The minimum absolute atomic E-state index is 0.321. The fourth-order valence-electron chi connectivity index (χ4n) is 1.61. The molecule has 1 aromatic carbocycles. The Labute approximate surface area is 108 Å². The molecule has 96 valence electrons. The van der Waals surface area contributed by atoms with E-state index in [1.54, 1.807) is 6.92 Å². The number of hydrogen-bond acceptors (Lipinski definition) is 3. The topological polar surface area (TPSA) is 52.3 Å². The predicted molar refractivity (Wildman–Crippen MR) is 73.6 cm³/mol. The minimum Gasteiger partial charge on any atom is -0.462 e. The molecular weight excluding hydrogens is 226 g/mol. The summed E-state index contributed by atoms with van der Waals surface area (Å²) >= 11 is 0. The third kappa shape index (κ3) is 3.23. The number of esters is 1. The summed E-state index contributed by atoms with van der Waals surface area (Å²) in [6, 6.07) is 9.49. The van der Waals surface area contributed by atoms with Crippen LogP contribution in [0.15, 0.2) is 48.2 Å². The molecule has 0 aliphatic rings. The number of carbonyl (C=O) groups is 1. The minimum atomic E-state index is -0.411. The van der Waals surface area contributed by atoms with E-state index in [9.17, 15) is 4.79 Å². The largest absolute Gasteiger partial charge is 0.462 e. The average molecular weight is 245 g/mol. The van der Waals surface area contributed by atoms with Crippen LogP contribution in [-0.2, 0) is 9.53 Å². The van der Waals surface area contributed by atoms with E-state index in [-0.39, 0.29) is 0 Å². The molecule has 3 nitrogen and oxygen atoms in total. The lowest BCUT2D eigenvalue weighted by atomic mass is 9.97. The molecule has 0 aliphatic heterocycles. The van der Waals surface area contributed by atoms with Crippen LogP contribution < -0.4 is 5.73 Å². The van der Waals surface area contributed by atoms with Gasteiger partial charge >= 0.3 is 5.97 Å². The van der Waals surface area contributed by atoms with E-state index in [1.165, 1.54) is 0 Å². The van der Waals surface area contributed by atoms with Crippen molar-refractivity contribution in [3.63, 3.8) is 0 Å². The Morgan fingerprint density at radius 3 is 2.39 bits per heavy atom. The standard InChI is InChI=1S/C15H19NO2/c1-4-13(16)14(15(17)18-5-2)11(3)12-9-7-6-8-10-12/h6-10H,3-5,16H2,1-2H3/b14-13-. The molecular formula is C15H19NO2. The maximum Gasteiger partial charge on any atom is 0.340 e. The van der Waals surface area contributed by atoms with Crippen molar-refractivity contribution in [2.45, 2.75) is 20.3 Å². The van der Waals surface area contributed by atoms with Crippen LogP contribution in [0.4, 0.5) is 0 Å². The first-order valence-electron chi connectivity index (χ1n) is 6.02. The SMILES string of the molecule is C=C(/C(C(=O)OCC)=C(/N)CC)c1ccccc1. The van der Waals surface area contributed by atoms with Gasteiger partial charge in [-0.2, -0.15) is 0 Å². The molecule has 0 spiro atoms. The molecule has 0 atom stereocenters. The number of benzene rings is 1. The molecule has 18 heavy (non-hydrogen) atoms. The van der Waals surface area contributed by atoms with Gasteiger partial charge in [0, 0.05) is 5.70 Å². The Hall–Kier alpha value is -2.03. The summed E-state index contributed by atoms with van der Waals surface area (Å²) in [5.41, 5.74) is 8.26. The van der Waals surface area contributed by atoms with Gasteiger partial charge in [0.15, 0.2) is 0 Å². The van der Waals surface area contributed by atoms with E-state index in [2.05, 4.69) is 6.58 Å². The lowest BCUT2D eigenvalue weighted by molar-refractivity contribution is -0.138. The molecule has 1 aromatic rings. The molecule has 0 unspecified atom stereocenters. The quantitative estimate of drug-likeness (QED) is 0.493. The number of carbonyl (C=O) groups excluding carboxylic acids is 1. The van der Waals surface area contributed by atoms with Crippen LogP contribution >= 0.6 is 0 Å². The number of hydrogen-bond donors (Lipinski definition) is 1. The molecule has 0 aromatic heterocycles. The summed E-state index contributed by atoms with van der Waals surface area (Å²) in [6.45, 7) is 7.94. The molecule has 1 rings (SSSR count). The summed E-state index contributed by atoms with van der Waals surface area (Å²) in [6.07, 6.45) is 0.583. The average Bonchev–Trinajstić information content (AvgIpc) is 2.40. The molecule has 0 fully saturated rings. The highest BCUT2D eigenvalue weighted by atomic mass is 16.5. The molecule has 0 amide bonds. The van der Waals surface area contributed by atoms with Crippen LogP contribution in [0.3, 0.4) is 0 Å². The van der Waals surface area contributed by atoms with E-state index in [0.717, 1.165) is 5.56 Å². The lowest BCUT2D eigenvalue weighted by Crippen LogP contribution is -2.15. The summed E-state index contributed by atoms with van der Waals surface area (Å²) in [4.78, 5) is 11.9. The van der Waals surface area contributed by atoms with Gasteiger partial charge in [-0.3, -0.25) is 0 Å². The van der Waals surface area contributed by atoms with Gasteiger partial charge in [-0.05, 0) is 24.5 Å². The van der Waals surface area contributed by atoms with Gasteiger partial charge < -0.3 is 10.5 Å². The number of nitrogens with two attached hydrogens (primary N) is 1. The van der Waals surface area contributed by atoms with Gasteiger partial charge in [0.2, 0.25) is 0 Å². The molecule has 3 heteroatoms. The van der Waals surface area contributed by atoms with E-state index >= 15 is 0 Å². The number of rotatable bonds is 5. The van der Waals surface area contributed by atoms with Crippen molar-refractivity contribution < 1.29 is 9.53 Å². The highest BCUT2D eigenvalue weighted by Gasteiger charge is 2.18. The van der Waals surface area contributed by atoms with Gasteiger partial charge in [0.1, 0.15) is 0 Å². The second-order valence-corrected chi connectivity index (χ2v) is 3.82. The monoisotopic (exact) mass is 245 g/mol. The van der Waals surface area contributed by atoms with Gasteiger partial charge in [-0.1, -0.05) is 43.8 Å². The third-order valence-electron chi connectivity index (χ3n) is 2.61. The molecule has 0 saturated carbocycles. The van der Waals surface area contributed by atoms with E-state index in [4.69, 9.17) is 10.5 Å². The molecule has 0 radical (unpaired) electrons. The van der Waals surface area contributed by atoms with Crippen molar-refractivity contribution in [3.8, 4) is 0 Å². The zero-order chi connectivity index (χ0) is 13.5. The summed E-state index contributed by atoms with van der Waals surface area (Å²) in [7, 11) is 0. The summed E-state index contributed by atoms with van der Waals surface area (Å²) in [5.74, 6) is -0.411. The molecule has 0 saturated heterocycles. The Kier molecular flexibility index (Phi) is 5.18. The van der Waals surface area contributed by atoms with Crippen molar-refractivity contribution in [1.82, 2.24) is 0 Å². The Morgan fingerprint density at radius 1 is 1.28 bits per heavy atom. The molecule has 0 bridgehead atoms. The Balaban J connectivity index is 3.14. The lowest BCUT2D eigenvalue weighted by Gasteiger charge is -2.13. The van der Waals surface area contributed by atoms with E-state index in [0.29, 0.717) is 29.9 Å². The first kappa shape index (κ1) is 14.0. The first-order valence-corrected chi connectivity index (χ1v) is 6.02. The highest BCUT2D eigenvalue weighted by Crippen LogP contribution is 2.24. The van der Waals surface area contributed by atoms with Crippen molar-refractivity contribution in [1.29, 1.82) is 0 Å². The number of allylic oxidation sites excluding steroid dienone is 1. The van der Waals surface area contributed by atoms with Gasteiger partial charge in [-0.25, -0.2) is 4.79 Å². The first-order chi connectivity index (χ1) is 8.61. The van der Waals surface area contributed by atoms with Gasteiger partial charge in [0.05, 0.1) is 12.2 Å². The van der Waals surface area contributed by atoms with Crippen LogP contribution in [0.2, 0.25) is 0 Å². The molecule has 0 aliphatic carbocycles.